The minimum Gasteiger partial charge on any atom is -0.466 e. The zero-order chi connectivity index (χ0) is 23.3. The molecule has 0 saturated heterocycles. The van der Waals surface area contributed by atoms with Gasteiger partial charge in [0.15, 0.2) is 0 Å². The number of aryl methyl sites for hydroxylation is 2. The van der Waals surface area contributed by atoms with Gasteiger partial charge in [-0.15, -0.1) is 0 Å². The van der Waals surface area contributed by atoms with Crippen LogP contribution >= 0.6 is 11.6 Å². The number of sulfonamides is 1. The van der Waals surface area contributed by atoms with Crippen LogP contribution in [0, 0.1) is 12.7 Å². The predicted octanol–water partition coefficient (Wildman–Crippen LogP) is 5.15. The van der Waals surface area contributed by atoms with Crippen LogP contribution in [0.15, 0.2) is 59.8 Å². The monoisotopic (exact) mass is 476 g/mol. The summed E-state index contributed by atoms with van der Waals surface area (Å²) in [6.45, 7) is 3.79. The average molecular weight is 477 g/mol. The Bertz CT molecular complexity index is 1230. The van der Waals surface area contributed by atoms with Gasteiger partial charge in [0.2, 0.25) is 0 Å². The third-order valence-corrected chi connectivity index (χ3v) is 6.17. The fourth-order valence-electron chi connectivity index (χ4n) is 3.10. The molecule has 3 rings (SSSR count). The summed E-state index contributed by atoms with van der Waals surface area (Å²) < 4.78 is 47.7. The van der Waals surface area contributed by atoms with Crippen LogP contribution in [-0.4, -0.2) is 26.0 Å². The number of ether oxygens (including phenoxy) is 1. The molecule has 0 atom stereocenters. The van der Waals surface area contributed by atoms with Gasteiger partial charge in [0.25, 0.3) is 10.0 Å². The van der Waals surface area contributed by atoms with Crippen molar-refractivity contribution in [2.75, 3.05) is 11.3 Å². The molecule has 0 aliphatic carbocycles. The van der Waals surface area contributed by atoms with Gasteiger partial charge >= 0.3 is 5.97 Å². The van der Waals surface area contributed by atoms with Crippen LogP contribution in [0.3, 0.4) is 0 Å². The number of aromatic nitrogens is 1. The number of carbonyl (C=O) groups is 1. The van der Waals surface area contributed by atoms with Gasteiger partial charge in [-0.3, -0.25) is 14.5 Å². The maximum absolute atomic E-state index is 14.8. The van der Waals surface area contributed by atoms with Crippen LogP contribution in [0.4, 0.5) is 10.1 Å². The number of hydrogen-bond acceptors (Lipinski definition) is 5. The van der Waals surface area contributed by atoms with E-state index >= 15 is 0 Å². The van der Waals surface area contributed by atoms with Gasteiger partial charge in [-0.05, 0) is 55.2 Å². The van der Waals surface area contributed by atoms with Crippen molar-refractivity contribution in [1.82, 2.24) is 4.98 Å². The number of nitrogens with zero attached hydrogens (tertiary/aromatic N) is 1. The van der Waals surface area contributed by atoms with E-state index in [9.17, 15) is 17.6 Å². The van der Waals surface area contributed by atoms with E-state index in [0.717, 1.165) is 11.6 Å². The molecule has 9 heteroatoms. The Morgan fingerprint density at radius 2 is 1.88 bits per heavy atom. The molecule has 0 saturated carbocycles. The summed E-state index contributed by atoms with van der Waals surface area (Å²) in [5, 5.41) is 0.129. The summed E-state index contributed by atoms with van der Waals surface area (Å²) in [6, 6.07) is 11.0. The summed E-state index contributed by atoms with van der Waals surface area (Å²) in [7, 11) is -4.08. The molecule has 1 N–H and O–H groups in total. The largest absolute Gasteiger partial charge is 0.466 e. The molecule has 0 spiro atoms. The second-order valence-electron chi connectivity index (χ2n) is 7.12. The number of nitrogens with one attached hydrogen (secondary N) is 1. The molecule has 0 amide bonds. The number of esters is 1. The van der Waals surface area contributed by atoms with Crippen LogP contribution in [0.1, 0.15) is 24.5 Å². The van der Waals surface area contributed by atoms with E-state index in [4.69, 9.17) is 16.3 Å². The van der Waals surface area contributed by atoms with E-state index in [1.807, 2.05) is 0 Å². The SMILES string of the molecule is CCOC(=O)CCc1ccc(-c2cc(Cl)cc(F)c2NS(=O)(=O)c2cncc(C)c2)cc1. The fourth-order valence-corrected chi connectivity index (χ4v) is 4.44. The van der Waals surface area contributed by atoms with Crippen molar-refractivity contribution in [1.29, 1.82) is 0 Å². The Labute approximate surface area is 191 Å². The Kier molecular flexibility index (Phi) is 7.48. The lowest BCUT2D eigenvalue weighted by Crippen LogP contribution is -2.15. The minimum atomic E-state index is -4.08. The van der Waals surface area contributed by atoms with Crippen molar-refractivity contribution in [3.05, 3.63) is 76.8 Å². The molecule has 3 aromatic rings. The van der Waals surface area contributed by atoms with E-state index in [-0.39, 0.29) is 33.6 Å². The smallest absolute Gasteiger partial charge is 0.306 e. The molecule has 0 aliphatic heterocycles. The van der Waals surface area contributed by atoms with E-state index in [2.05, 4.69) is 9.71 Å². The third-order valence-electron chi connectivity index (χ3n) is 4.64. The van der Waals surface area contributed by atoms with Crippen molar-refractivity contribution in [3.63, 3.8) is 0 Å². The van der Waals surface area contributed by atoms with Crippen LogP contribution < -0.4 is 4.72 Å². The number of carbonyl (C=O) groups excluding carboxylic acids is 1. The molecule has 0 aliphatic rings. The average Bonchev–Trinajstić information content (AvgIpc) is 2.74. The lowest BCUT2D eigenvalue weighted by molar-refractivity contribution is -0.143. The van der Waals surface area contributed by atoms with E-state index < -0.39 is 15.8 Å². The summed E-state index contributed by atoms with van der Waals surface area (Å²) in [4.78, 5) is 15.4. The molecule has 0 radical (unpaired) electrons. The van der Waals surface area contributed by atoms with Gasteiger partial charge < -0.3 is 4.74 Å². The fraction of sp³-hybridized carbons (Fsp3) is 0.217. The molecule has 168 valence electrons. The molecular weight excluding hydrogens is 455 g/mol. The minimum absolute atomic E-state index is 0.0767. The van der Waals surface area contributed by atoms with E-state index in [0.29, 0.717) is 24.2 Å². The maximum Gasteiger partial charge on any atom is 0.306 e. The summed E-state index contributed by atoms with van der Waals surface area (Å²) in [5.41, 5.74) is 2.18. The molecule has 0 fully saturated rings. The Balaban J connectivity index is 1.92. The van der Waals surface area contributed by atoms with Gasteiger partial charge in [-0.1, -0.05) is 35.9 Å². The molecule has 1 heterocycles. The van der Waals surface area contributed by atoms with E-state index in [1.165, 1.54) is 24.5 Å². The van der Waals surface area contributed by atoms with Crippen molar-refractivity contribution in [2.24, 2.45) is 0 Å². The van der Waals surface area contributed by atoms with Crippen LogP contribution in [0.5, 0.6) is 0 Å². The highest BCUT2D eigenvalue weighted by Gasteiger charge is 2.21. The van der Waals surface area contributed by atoms with Crippen molar-refractivity contribution >= 4 is 33.3 Å². The lowest BCUT2D eigenvalue weighted by atomic mass is 10.0. The van der Waals surface area contributed by atoms with Crippen LogP contribution in [0.25, 0.3) is 11.1 Å². The number of rotatable bonds is 8. The number of hydrogen-bond donors (Lipinski definition) is 1. The molecule has 32 heavy (non-hydrogen) atoms. The molecular formula is C23H22ClFN2O4S. The second kappa shape index (κ2) is 10.1. The first kappa shape index (κ1) is 23.7. The molecule has 6 nitrogen and oxygen atoms in total. The van der Waals surface area contributed by atoms with Crippen molar-refractivity contribution in [2.45, 2.75) is 31.6 Å². The number of benzene rings is 2. The summed E-state index contributed by atoms with van der Waals surface area (Å²) in [6.07, 6.45) is 3.45. The first-order chi connectivity index (χ1) is 15.2. The molecule has 1 aromatic heterocycles. The lowest BCUT2D eigenvalue weighted by Gasteiger charge is -2.15. The third kappa shape index (κ3) is 5.83. The van der Waals surface area contributed by atoms with Gasteiger partial charge in [0.05, 0.1) is 12.3 Å². The Morgan fingerprint density at radius 1 is 1.16 bits per heavy atom. The van der Waals surface area contributed by atoms with Gasteiger partial charge in [0, 0.05) is 29.4 Å². The molecule has 0 unspecified atom stereocenters. The summed E-state index contributed by atoms with van der Waals surface area (Å²) in [5.74, 6) is -1.08. The highest BCUT2D eigenvalue weighted by atomic mass is 35.5. The van der Waals surface area contributed by atoms with Crippen LogP contribution in [-0.2, 0) is 26.0 Å². The first-order valence-corrected chi connectivity index (χ1v) is 11.7. The molecule has 2 aromatic carbocycles. The van der Waals surface area contributed by atoms with Gasteiger partial charge in [-0.2, -0.15) is 0 Å². The number of anilines is 1. The van der Waals surface area contributed by atoms with Crippen LogP contribution in [0.2, 0.25) is 5.02 Å². The van der Waals surface area contributed by atoms with Gasteiger partial charge in [0.1, 0.15) is 10.7 Å². The Morgan fingerprint density at radius 3 is 2.53 bits per heavy atom. The van der Waals surface area contributed by atoms with E-state index in [1.54, 1.807) is 38.1 Å². The zero-order valence-corrected chi connectivity index (χ0v) is 19.1. The predicted molar refractivity (Wildman–Crippen MR) is 122 cm³/mol. The molecule has 0 bridgehead atoms. The maximum atomic E-state index is 14.8. The number of pyridine rings is 1. The van der Waals surface area contributed by atoms with Gasteiger partial charge in [-0.25, -0.2) is 12.8 Å². The normalized spacial score (nSPS) is 11.2. The zero-order valence-electron chi connectivity index (χ0n) is 17.6. The highest BCUT2D eigenvalue weighted by molar-refractivity contribution is 7.92. The number of halogens is 2. The summed E-state index contributed by atoms with van der Waals surface area (Å²) >= 11 is 6.05. The topological polar surface area (TPSA) is 85.4 Å². The second-order valence-corrected chi connectivity index (χ2v) is 9.23. The van der Waals surface area contributed by atoms with Crippen molar-refractivity contribution in [3.8, 4) is 11.1 Å². The first-order valence-electron chi connectivity index (χ1n) is 9.88. The Hall–Kier alpha value is -2.97. The van der Waals surface area contributed by atoms with Crippen molar-refractivity contribution < 1.29 is 22.3 Å². The quantitative estimate of drug-likeness (QED) is 0.454. The highest BCUT2D eigenvalue weighted by Crippen LogP contribution is 2.35. The standard InChI is InChI=1S/C23H22ClFN2O4S/c1-3-31-22(28)9-6-16-4-7-17(8-5-16)20-11-18(24)12-21(25)23(20)27-32(29,30)19-10-15(2)13-26-14-19/h4-5,7-8,10-14,27H,3,6,9H2,1-2H3.